The van der Waals surface area contributed by atoms with Crippen molar-refractivity contribution in [1.82, 2.24) is 0 Å². The minimum Gasteiger partial charge on any atom is -0.481 e. The van der Waals surface area contributed by atoms with Crippen molar-refractivity contribution in [3.05, 3.63) is 35.4 Å². The summed E-state index contributed by atoms with van der Waals surface area (Å²) in [5.74, 6) is -4.96. The van der Waals surface area contributed by atoms with Crippen LogP contribution in [0.2, 0.25) is 0 Å². The van der Waals surface area contributed by atoms with Crippen molar-refractivity contribution >= 4 is 23.9 Å². The van der Waals surface area contributed by atoms with Gasteiger partial charge in [-0.15, -0.1) is 0 Å². The Balaban J connectivity index is 0.000000400. The summed E-state index contributed by atoms with van der Waals surface area (Å²) in [4.78, 5) is 40.5. The van der Waals surface area contributed by atoms with Crippen LogP contribution >= 0.6 is 0 Å². The molecule has 0 unspecified atom stereocenters. The molecule has 0 heterocycles. The van der Waals surface area contributed by atoms with Crippen molar-refractivity contribution in [2.75, 3.05) is 0 Å². The molecule has 1 atom stereocenters. The van der Waals surface area contributed by atoms with Gasteiger partial charge >= 0.3 is 23.9 Å². The minimum atomic E-state index is -1.29. The van der Waals surface area contributed by atoms with Gasteiger partial charge in [-0.05, 0) is 12.1 Å². The van der Waals surface area contributed by atoms with Crippen LogP contribution in [0.1, 0.15) is 27.1 Å². The third-order valence-corrected chi connectivity index (χ3v) is 2.10. The molecular weight excluding hydrogens is 286 g/mol. The van der Waals surface area contributed by atoms with E-state index in [4.69, 9.17) is 26.2 Å². The van der Waals surface area contributed by atoms with E-state index in [0.717, 1.165) is 0 Å². The van der Waals surface area contributed by atoms with Gasteiger partial charge in [-0.3, -0.25) is 9.59 Å². The average Bonchev–Trinajstić information content (AvgIpc) is 2.38. The third-order valence-electron chi connectivity index (χ3n) is 2.10. The topological polar surface area (TPSA) is 175 Å². The first kappa shape index (κ1) is 18.1. The highest BCUT2D eigenvalue weighted by Crippen LogP contribution is 2.07. The third kappa shape index (κ3) is 6.68. The Morgan fingerprint density at radius 1 is 0.905 bits per heavy atom. The molecule has 0 radical (unpaired) electrons. The van der Waals surface area contributed by atoms with Gasteiger partial charge in [0, 0.05) is 0 Å². The van der Waals surface area contributed by atoms with Crippen molar-refractivity contribution in [2.45, 2.75) is 12.5 Å². The van der Waals surface area contributed by atoms with Gasteiger partial charge in [0.1, 0.15) is 6.04 Å². The highest BCUT2D eigenvalue weighted by molar-refractivity contribution is 6.01. The molecule has 0 saturated carbocycles. The highest BCUT2D eigenvalue weighted by Gasteiger charge is 2.14. The number of carboxylic acid groups (broad SMARTS) is 4. The molecule has 9 nitrogen and oxygen atoms in total. The van der Waals surface area contributed by atoms with Gasteiger partial charge in [-0.25, -0.2) is 9.59 Å². The fourth-order valence-electron chi connectivity index (χ4n) is 1.13. The number of carboxylic acids is 4. The van der Waals surface area contributed by atoms with Crippen molar-refractivity contribution < 1.29 is 39.6 Å². The van der Waals surface area contributed by atoms with E-state index in [1.54, 1.807) is 0 Å². The van der Waals surface area contributed by atoms with Crippen LogP contribution in [0, 0.1) is 0 Å². The molecule has 1 aromatic carbocycles. The molecular formula is C12H13NO8. The van der Waals surface area contributed by atoms with Gasteiger partial charge in [0.25, 0.3) is 0 Å². The van der Waals surface area contributed by atoms with E-state index in [0.29, 0.717) is 0 Å². The minimum absolute atomic E-state index is 0.190. The molecule has 0 aliphatic rings. The van der Waals surface area contributed by atoms with E-state index in [9.17, 15) is 19.2 Å². The average molecular weight is 299 g/mol. The second kappa shape index (κ2) is 8.27. The highest BCUT2D eigenvalue weighted by atomic mass is 16.4. The lowest BCUT2D eigenvalue weighted by Crippen LogP contribution is -2.32. The Labute approximate surface area is 118 Å². The Morgan fingerprint density at radius 2 is 1.29 bits per heavy atom. The molecule has 0 bridgehead atoms. The second-order valence-electron chi connectivity index (χ2n) is 3.70. The fourth-order valence-corrected chi connectivity index (χ4v) is 1.13. The molecule has 0 spiro atoms. The first-order valence-electron chi connectivity index (χ1n) is 5.42. The summed E-state index contributed by atoms with van der Waals surface area (Å²) in [5.41, 5.74) is 4.46. The van der Waals surface area contributed by atoms with E-state index < -0.39 is 36.3 Å². The quantitative estimate of drug-likeness (QED) is 0.499. The molecule has 114 valence electrons. The van der Waals surface area contributed by atoms with Crippen molar-refractivity contribution in [3.8, 4) is 0 Å². The van der Waals surface area contributed by atoms with Crippen molar-refractivity contribution in [1.29, 1.82) is 0 Å². The lowest BCUT2D eigenvalue weighted by molar-refractivity contribution is -0.144. The molecule has 21 heavy (non-hydrogen) atoms. The largest absolute Gasteiger partial charge is 0.481 e. The van der Waals surface area contributed by atoms with Crippen molar-refractivity contribution in [2.24, 2.45) is 5.73 Å². The Morgan fingerprint density at radius 3 is 1.48 bits per heavy atom. The molecule has 0 aromatic heterocycles. The Bertz CT molecular complexity index is 521. The van der Waals surface area contributed by atoms with E-state index >= 15 is 0 Å². The predicted octanol–water partition coefficient (Wildman–Crippen LogP) is -0.0440. The SMILES string of the molecule is N[C@@H](CC(=O)O)C(=O)O.O=C(O)c1ccccc1C(=O)O. The molecule has 0 fully saturated rings. The zero-order chi connectivity index (χ0) is 16.6. The lowest BCUT2D eigenvalue weighted by Gasteiger charge is -1.99. The van der Waals surface area contributed by atoms with Crippen LogP contribution < -0.4 is 5.73 Å². The zero-order valence-corrected chi connectivity index (χ0v) is 10.6. The molecule has 0 aliphatic heterocycles. The number of carbonyl (C=O) groups is 4. The van der Waals surface area contributed by atoms with Crippen molar-refractivity contribution in [3.63, 3.8) is 0 Å². The van der Waals surface area contributed by atoms with Crippen LogP contribution in [-0.2, 0) is 9.59 Å². The molecule has 1 aromatic rings. The van der Waals surface area contributed by atoms with Crippen LogP contribution in [0.4, 0.5) is 0 Å². The van der Waals surface area contributed by atoms with Gasteiger partial charge in [0.05, 0.1) is 17.5 Å². The van der Waals surface area contributed by atoms with E-state index in [2.05, 4.69) is 0 Å². The first-order valence-corrected chi connectivity index (χ1v) is 5.42. The fraction of sp³-hybridized carbons (Fsp3) is 0.167. The summed E-state index contributed by atoms with van der Waals surface area (Å²) in [6, 6.07) is 4.19. The maximum Gasteiger partial charge on any atom is 0.336 e. The normalized spacial score (nSPS) is 10.7. The Hall–Kier alpha value is -2.94. The van der Waals surface area contributed by atoms with Gasteiger partial charge in [0.2, 0.25) is 0 Å². The number of aromatic carboxylic acids is 2. The van der Waals surface area contributed by atoms with Gasteiger partial charge < -0.3 is 26.2 Å². The van der Waals surface area contributed by atoms with Crippen LogP contribution in [0.15, 0.2) is 24.3 Å². The maximum atomic E-state index is 10.5. The monoisotopic (exact) mass is 299 g/mol. The molecule has 6 N–H and O–H groups in total. The number of hydrogen-bond donors (Lipinski definition) is 5. The number of hydrogen-bond acceptors (Lipinski definition) is 5. The summed E-state index contributed by atoms with van der Waals surface area (Å²) in [7, 11) is 0. The summed E-state index contributed by atoms with van der Waals surface area (Å²) < 4.78 is 0. The second-order valence-corrected chi connectivity index (χ2v) is 3.70. The van der Waals surface area contributed by atoms with E-state index in [-0.39, 0.29) is 11.1 Å². The predicted molar refractivity (Wildman–Crippen MR) is 68.2 cm³/mol. The van der Waals surface area contributed by atoms with Crippen LogP contribution in [0.5, 0.6) is 0 Å². The van der Waals surface area contributed by atoms with Crippen LogP contribution in [0.3, 0.4) is 0 Å². The number of nitrogens with two attached hydrogens (primary N) is 1. The van der Waals surface area contributed by atoms with Gasteiger partial charge in [-0.2, -0.15) is 0 Å². The van der Waals surface area contributed by atoms with Gasteiger partial charge in [-0.1, -0.05) is 12.1 Å². The number of benzene rings is 1. The molecule has 0 aliphatic carbocycles. The van der Waals surface area contributed by atoms with E-state index in [1.807, 2.05) is 0 Å². The summed E-state index contributed by atoms with van der Waals surface area (Å²) in [6.07, 6.45) is -0.532. The standard InChI is InChI=1S/C8H6O4.C4H7NO4/c9-7(10)5-3-1-2-4-6(5)8(11)12;5-2(4(8)9)1-3(6)7/h1-4H,(H,9,10)(H,11,12);2H,1,5H2,(H,6,7)(H,8,9)/t;2-/m.0/s1. The molecule has 1 rings (SSSR count). The number of rotatable bonds is 5. The first-order chi connectivity index (χ1) is 9.66. The molecule has 9 heteroatoms. The summed E-state index contributed by atoms with van der Waals surface area (Å²) >= 11 is 0. The molecule has 0 amide bonds. The summed E-state index contributed by atoms with van der Waals surface area (Å²) in [6.45, 7) is 0. The summed E-state index contributed by atoms with van der Waals surface area (Å²) in [5, 5.41) is 33.1. The van der Waals surface area contributed by atoms with Crippen LogP contribution in [-0.4, -0.2) is 50.3 Å². The molecule has 0 saturated heterocycles. The maximum absolute atomic E-state index is 10.5. The Kier molecular flexibility index (Phi) is 7.12. The van der Waals surface area contributed by atoms with Crippen LogP contribution in [0.25, 0.3) is 0 Å². The van der Waals surface area contributed by atoms with Gasteiger partial charge in [0.15, 0.2) is 0 Å². The zero-order valence-electron chi connectivity index (χ0n) is 10.6. The lowest BCUT2D eigenvalue weighted by atomic mass is 10.1. The smallest absolute Gasteiger partial charge is 0.336 e. The number of aliphatic carboxylic acids is 2. The van der Waals surface area contributed by atoms with E-state index in [1.165, 1.54) is 24.3 Å².